The van der Waals surface area contributed by atoms with Crippen LogP contribution in [0.5, 0.6) is 0 Å². The topological polar surface area (TPSA) is 73.8 Å². The first-order valence-electron chi connectivity index (χ1n) is 11.0. The van der Waals surface area contributed by atoms with Crippen molar-refractivity contribution in [3.05, 3.63) is 59.1 Å². The zero-order chi connectivity index (χ0) is 24.6. The molecule has 1 aromatic heterocycles. The van der Waals surface area contributed by atoms with Crippen LogP contribution in [0.1, 0.15) is 13.8 Å². The maximum Gasteiger partial charge on any atom is 0.242 e. The molecule has 34 heavy (non-hydrogen) atoms. The molecule has 0 bridgehead atoms. The third-order valence-electron chi connectivity index (χ3n) is 5.79. The summed E-state index contributed by atoms with van der Waals surface area (Å²) in [5.74, 6) is 0.130. The predicted octanol–water partition coefficient (Wildman–Crippen LogP) is 2.11. The fourth-order valence-electron chi connectivity index (χ4n) is 4.26. The molecule has 0 saturated carbocycles. The van der Waals surface area contributed by atoms with E-state index in [0.717, 1.165) is 13.1 Å². The van der Waals surface area contributed by atoms with Crippen LogP contribution >= 0.6 is 12.2 Å². The second-order valence-corrected chi connectivity index (χ2v) is 11.3. The molecule has 3 aromatic rings. The van der Waals surface area contributed by atoms with Crippen LogP contribution in [0.25, 0.3) is 17.1 Å². The number of aromatic nitrogens is 3. The number of quaternary nitrogens is 1. The quantitative estimate of drug-likeness (QED) is 0.519. The second-order valence-electron chi connectivity index (χ2n) is 8.81. The monoisotopic (exact) mass is 506 g/mol. The van der Waals surface area contributed by atoms with Gasteiger partial charge in [0.1, 0.15) is 31.1 Å². The number of sulfonamides is 1. The molecule has 1 aliphatic heterocycles. The lowest BCUT2D eigenvalue weighted by molar-refractivity contribution is -0.937. The molecule has 1 fully saturated rings. The van der Waals surface area contributed by atoms with Crippen molar-refractivity contribution in [1.29, 1.82) is 0 Å². The summed E-state index contributed by atoms with van der Waals surface area (Å²) >= 11 is 5.80. The van der Waals surface area contributed by atoms with Crippen LogP contribution in [-0.4, -0.2) is 66.5 Å². The Kier molecular flexibility index (Phi) is 7.02. The third kappa shape index (κ3) is 4.98. The van der Waals surface area contributed by atoms with Gasteiger partial charge >= 0.3 is 0 Å². The molecule has 1 saturated heterocycles. The van der Waals surface area contributed by atoms with Gasteiger partial charge in [0.25, 0.3) is 0 Å². The number of hydrogen-bond acceptors (Lipinski definition) is 5. The molecule has 0 radical (unpaired) electrons. The summed E-state index contributed by atoms with van der Waals surface area (Å²) in [6.45, 7) is 6.28. The van der Waals surface area contributed by atoms with Crippen molar-refractivity contribution < 1.29 is 22.4 Å². The van der Waals surface area contributed by atoms with Crippen LogP contribution in [0.3, 0.4) is 0 Å². The van der Waals surface area contributed by atoms with Crippen molar-refractivity contribution in [1.82, 2.24) is 18.7 Å². The molecule has 11 heteroatoms. The lowest BCUT2D eigenvalue weighted by Crippen LogP contribution is -3.14. The van der Waals surface area contributed by atoms with E-state index >= 15 is 0 Å². The summed E-state index contributed by atoms with van der Waals surface area (Å²) < 4.78 is 50.0. The van der Waals surface area contributed by atoms with Crippen LogP contribution in [0.15, 0.2) is 53.4 Å². The second kappa shape index (κ2) is 9.67. The summed E-state index contributed by atoms with van der Waals surface area (Å²) in [6, 6.07) is 12.6. The molecule has 0 spiro atoms. The number of benzene rings is 2. The van der Waals surface area contributed by atoms with E-state index in [9.17, 15) is 12.8 Å². The summed E-state index contributed by atoms with van der Waals surface area (Å²) in [5.41, 5.74) is 1.24. The number of hydrogen-bond donors (Lipinski definition) is 1. The van der Waals surface area contributed by atoms with E-state index in [0.29, 0.717) is 28.5 Å². The zero-order valence-corrected chi connectivity index (χ0v) is 21.2. The van der Waals surface area contributed by atoms with E-state index < -0.39 is 10.0 Å². The van der Waals surface area contributed by atoms with Crippen molar-refractivity contribution in [2.45, 2.75) is 37.6 Å². The summed E-state index contributed by atoms with van der Waals surface area (Å²) in [7, 11) is -0.653. The van der Waals surface area contributed by atoms with Crippen LogP contribution in [0.2, 0.25) is 0 Å². The van der Waals surface area contributed by atoms with Gasteiger partial charge in [0.2, 0.25) is 14.8 Å². The van der Waals surface area contributed by atoms with E-state index in [2.05, 4.69) is 0 Å². The predicted molar refractivity (Wildman–Crippen MR) is 129 cm³/mol. The first kappa shape index (κ1) is 24.7. The molecule has 0 amide bonds. The first-order valence-corrected chi connectivity index (χ1v) is 12.9. The Hall–Kier alpha value is -2.44. The van der Waals surface area contributed by atoms with Gasteiger partial charge in [-0.2, -0.15) is 4.68 Å². The minimum absolute atomic E-state index is 0.125. The Labute approximate surface area is 204 Å². The van der Waals surface area contributed by atoms with Crippen molar-refractivity contribution in [2.24, 2.45) is 0 Å². The number of nitrogens with zero attached hydrogens (tertiary/aromatic N) is 4. The highest BCUT2D eigenvalue weighted by Gasteiger charge is 2.27. The van der Waals surface area contributed by atoms with Gasteiger partial charge in [-0.05, 0) is 62.5 Å². The van der Waals surface area contributed by atoms with Gasteiger partial charge in [0, 0.05) is 19.7 Å². The van der Waals surface area contributed by atoms with Gasteiger partial charge in [0.05, 0.1) is 10.6 Å². The van der Waals surface area contributed by atoms with Crippen molar-refractivity contribution in [3.8, 4) is 17.1 Å². The van der Waals surface area contributed by atoms with Crippen LogP contribution in [0, 0.1) is 10.6 Å². The molecule has 0 unspecified atom stereocenters. The Balaban J connectivity index is 1.83. The Morgan fingerprint density at radius 1 is 1.15 bits per heavy atom. The normalized spacial score (nSPS) is 21.2. The molecule has 182 valence electrons. The van der Waals surface area contributed by atoms with Crippen molar-refractivity contribution in [2.75, 3.05) is 27.2 Å². The van der Waals surface area contributed by atoms with E-state index in [-0.39, 0.29) is 22.9 Å². The van der Waals surface area contributed by atoms with Gasteiger partial charge in [-0.25, -0.2) is 17.1 Å². The highest BCUT2D eigenvalue weighted by Crippen LogP contribution is 2.26. The molecule has 0 aliphatic carbocycles. The molecule has 2 heterocycles. The molecule has 2 aromatic carbocycles. The highest BCUT2D eigenvalue weighted by molar-refractivity contribution is 7.89. The third-order valence-corrected chi connectivity index (χ3v) is 7.99. The minimum atomic E-state index is -3.63. The maximum absolute atomic E-state index is 13.6. The van der Waals surface area contributed by atoms with Gasteiger partial charge in [-0.3, -0.25) is 4.57 Å². The largest absolute Gasteiger partial charge is 0.364 e. The first-order chi connectivity index (χ1) is 16.1. The summed E-state index contributed by atoms with van der Waals surface area (Å²) in [5, 5.41) is 4.80. The Morgan fingerprint density at radius 3 is 2.41 bits per heavy atom. The summed E-state index contributed by atoms with van der Waals surface area (Å²) in [4.78, 5) is 1.43. The number of nitrogens with one attached hydrogen (secondary N) is 1. The lowest BCUT2D eigenvalue weighted by atomic mass is 10.2. The lowest BCUT2D eigenvalue weighted by Gasteiger charge is -2.32. The number of morpholine rings is 1. The van der Waals surface area contributed by atoms with Crippen molar-refractivity contribution >= 4 is 22.2 Å². The van der Waals surface area contributed by atoms with E-state index in [1.807, 2.05) is 13.8 Å². The summed E-state index contributed by atoms with van der Waals surface area (Å²) in [6.07, 6.45) is 0.249. The van der Waals surface area contributed by atoms with Crippen LogP contribution in [-0.2, 0) is 21.4 Å². The zero-order valence-electron chi connectivity index (χ0n) is 19.6. The standard InChI is InChI=1S/C23H28FN5O3S2/c1-16-13-27(14-17(2)32-16)15-28-23(33)29(20-10-8-19(24)9-11-20)22(25-28)18-6-5-7-21(12-18)34(30,31)26(3)4/h5-12,16-17H,13-15H2,1-4H3/p+1/t16-,17-/m1/s1. The smallest absolute Gasteiger partial charge is 0.242 e. The minimum Gasteiger partial charge on any atom is -0.364 e. The molecular formula is C23H29FN5O3S2+. The van der Waals surface area contributed by atoms with Gasteiger partial charge in [-0.15, -0.1) is 5.10 Å². The molecular weight excluding hydrogens is 477 g/mol. The number of rotatable bonds is 6. The average molecular weight is 507 g/mol. The van der Waals surface area contributed by atoms with E-state index in [4.69, 9.17) is 22.1 Å². The SMILES string of the molecule is C[C@@H]1C[NH+](Cn2nc(-c3cccc(S(=O)(=O)N(C)C)c3)n(-c3ccc(F)cc3)c2=S)C[C@@H](C)O1. The van der Waals surface area contributed by atoms with Gasteiger partial charge < -0.3 is 9.64 Å². The maximum atomic E-state index is 13.6. The number of halogens is 1. The van der Waals surface area contributed by atoms with E-state index in [1.54, 1.807) is 45.6 Å². The molecule has 4 rings (SSSR count). The van der Waals surface area contributed by atoms with Crippen molar-refractivity contribution in [3.63, 3.8) is 0 Å². The average Bonchev–Trinajstić information content (AvgIpc) is 3.09. The van der Waals surface area contributed by atoms with E-state index in [1.165, 1.54) is 35.4 Å². The molecule has 1 aliphatic rings. The number of ether oxygens (including phenoxy) is 1. The van der Waals surface area contributed by atoms with Gasteiger partial charge in [0.15, 0.2) is 12.5 Å². The Bertz CT molecular complexity index is 1330. The fraction of sp³-hybridized carbons (Fsp3) is 0.391. The highest BCUT2D eigenvalue weighted by atomic mass is 32.2. The molecule has 2 atom stereocenters. The van der Waals surface area contributed by atoms with Gasteiger partial charge in [-0.1, -0.05) is 12.1 Å². The van der Waals surface area contributed by atoms with Crippen LogP contribution < -0.4 is 4.90 Å². The molecule has 8 nitrogen and oxygen atoms in total. The fourth-order valence-corrected chi connectivity index (χ4v) is 5.50. The Morgan fingerprint density at radius 2 is 1.79 bits per heavy atom. The molecule has 1 N–H and O–H groups in total. The van der Waals surface area contributed by atoms with Crippen LogP contribution in [0.4, 0.5) is 4.39 Å².